The highest BCUT2D eigenvalue weighted by Gasteiger charge is 2.16. The Kier molecular flexibility index (Phi) is 4.82. The van der Waals surface area contributed by atoms with E-state index in [4.69, 9.17) is 22.9 Å². The molecule has 0 radical (unpaired) electrons. The lowest BCUT2D eigenvalue weighted by Crippen LogP contribution is -1.97. The van der Waals surface area contributed by atoms with Gasteiger partial charge < -0.3 is 9.14 Å². The highest BCUT2D eigenvalue weighted by Crippen LogP contribution is 2.39. The molecule has 0 saturated carbocycles. The summed E-state index contributed by atoms with van der Waals surface area (Å²) in [5, 5.41) is 4.01. The lowest BCUT2D eigenvalue weighted by molar-refractivity contribution is 0.466. The Hall–Kier alpha value is -6.18. The molecule has 0 N–H and O–H groups in total. The van der Waals surface area contributed by atoms with Crippen molar-refractivity contribution in [3.05, 3.63) is 132 Å². The Morgan fingerprint density at radius 3 is 2.27 bits per heavy atom. The number of pyridine rings is 3. The number of nitrogens with zero attached hydrogens (tertiary/aromatic N) is 6. The smallest absolute Gasteiger partial charge is 0.219 e. The highest BCUT2D eigenvalue weighted by molar-refractivity contribution is 6.13. The topological polar surface area (TPSA) is 53.1 Å². The third-order valence-electron chi connectivity index (χ3n) is 7.49. The first-order chi connectivity index (χ1) is 20.2. The molecule has 5 heterocycles. The summed E-state index contributed by atoms with van der Waals surface area (Å²) in [5.41, 5.74) is 5.25. The van der Waals surface area contributed by atoms with E-state index in [1.165, 1.54) is 0 Å². The van der Waals surface area contributed by atoms with Crippen LogP contribution >= 0.6 is 0 Å². The van der Waals surface area contributed by atoms with Crippen LogP contribution in [0.25, 0.3) is 64.6 Å². The fourth-order valence-electron chi connectivity index (χ4n) is 5.72. The van der Waals surface area contributed by atoms with E-state index in [-0.39, 0.29) is 0 Å². The predicted octanol–water partition coefficient (Wildman–Crippen LogP) is 9.03. The Morgan fingerprint density at radius 2 is 1.41 bits per heavy atom. The SMILES string of the molecule is [C-]#[N+]c1cc2c3ccc(Oc4ccc5c6ccccc6n(-c6ccccn6)c5c4)nc3c3cccn3c2cc1[N+]#[C-]. The molecular formula is C34H18N6O. The summed E-state index contributed by atoms with van der Waals surface area (Å²) in [6.07, 6.45) is 3.74. The molecule has 0 spiro atoms. The van der Waals surface area contributed by atoms with Gasteiger partial charge >= 0.3 is 0 Å². The van der Waals surface area contributed by atoms with E-state index in [9.17, 15) is 0 Å². The van der Waals surface area contributed by atoms with Crippen molar-refractivity contribution in [2.24, 2.45) is 0 Å². The lowest BCUT2D eigenvalue weighted by Gasteiger charge is -2.12. The first-order valence-electron chi connectivity index (χ1n) is 13.0. The highest BCUT2D eigenvalue weighted by atomic mass is 16.5. The number of benzene rings is 3. The monoisotopic (exact) mass is 526 g/mol. The fourth-order valence-corrected chi connectivity index (χ4v) is 5.72. The van der Waals surface area contributed by atoms with E-state index in [0.29, 0.717) is 23.0 Å². The van der Waals surface area contributed by atoms with Crippen LogP contribution in [0.3, 0.4) is 0 Å². The number of fused-ring (bicyclic) bond motifs is 9. The molecule has 41 heavy (non-hydrogen) atoms. The molecule has 0 bridgehead atoms. The second-order valence-electron chi connectivity index (χ2n) is 9.71. The molecule has 0 unspecified atom stereocenters. The zero-order valence-corrected chi connectivity index (χ0v) is 21.5. The zero-order chi connectivity index (χ0) is 27.5. The summed E-state index contributed by atoms with van der Waals surface area (Å²) in [7, 11) is 0. The molecule has 190 valence electrons. The van der Waals surface area contributed by atoms with Crippen molar-refractivity contribution in [3.63, 3.8) is 0 Å². The van der Waals surface area contributed by atoms with Gasteiger partial charge in [-0.1, -0.05) is 30.3 Å². The van der Waals surface area contributed by atoms with Gasteiger partial charge in [0.2, 0.25) is 5.88 Å². The van der Waals surface area contributed by atoms with Crippen LogP contribution in [0.15, 0.2) is 109 Å². The number of ether oxygens (including phenoxy) is 1. The number of aromatic nitrogens is 4. The Bertz CT molecular complexity index is 2420. The molecule has 3 aromatic carbocycles. The average molecular weight is 527 g/mol. The van der Waals surface area contributed by atoms with Gasteiger partial charge in [-0.2, -0.15) is 0 Å². The van der Waals surface area contributed by atoms with E-state index in [2.05, 4.69) is 37.4 Å². The molecule has 0 aliphatic heterocycles. The van der Waals surface area contributed by atoms with Gasteiger partial charge in [-0.15, -0.1) is 0 Å². The van der Waals surface area contributed by atoms with Crippen molar-refractivity contribution in [2.75, 3.05) is 0 Å². The number of hydrogen-bond acceptors (Lipinski definition) is 3. The minimum atomic E-state index is 0.331. The average Bonchev–Trinajstić information content (AvgIpc) is 3.64. The van der Waals surface area contributed by atoms with Crippen LogP contribution in [0, 0.1) is 13.1 Å². The van der Waals surface area contributed by atoms with Crippen LogP contribution in [0.2, 0.25) is 0 Å². The van der Waals surface area contributed by atoms with Crippen molar-refractivity contribution in [3.8, 4) is 17.4 Å². The molecule has 0 fully saturated rings. The first-order valence-corrected chi connectivity index (χ1v) is 13.0. The molecule has 0 aliphatic rings. The molecule has 0 atom stereocenters. The third-order valence-corrected chi connectivity index (χ3v) is 7.49. The normalized spacial score (nSPS) is 11.4. The Labute approximate surface area is 233 Å². The molecule has 5 aromatic heterocycles. The van der Waals surface area contributed by atoms with Gasteiger partial charge in [0.1, 0.15) is 11.6 Å². The van der Waals surface area contributed by atoms with Crippen molar-refractivity contribution in [1.29, 1.82) is 0 Å². The third kappa shape index (κ3) is 3.37. The number of hydrogen-bond donors (Lipinski definition) is 0. The van der Waals surface area contributed by atoms with Gasteiger partial charge in [0, 0.05) is 46.2 Å². The summed E-state index contributed by atoms with van der Waals surface area (Å²) >= 11 is 0. The van der Waals surface area contributed by atoms with Crippen LogP contribution in [-0.4, -0.2) is 18.9 Å². The van der Waals surface area contributed by atoms with Crippen molar-refractivity contribution < 1.29 is 4.74 Å². The largest absolute Gasteiger partial charge is 0.439 e. The molecule has 8 aromatic rings. The molecule has 0 amide bonds. The van der Waals surface area contributed by atoms with Gasteiger partial charge in [-0.05, 0) is 60.0 Å². The van der Waals surface area contributed by atoms with E-state index in [1.807, 2.05) is 77.3 Å². The van der Waals surface area contributed by atoms with E-state index >= 15 is 0 Å². The zero-order valence-electron chi connectivity index (χ0n) is 21.5. The fraction of sp³-hybridized carbons (Fsp3) is 0. The summed E-state index contributed by atoms with van der Waals surface area (Å²) in [6.45, 7) is 15.1. The van der Waals surface area contributed by atoms with Crippen molar-refractivity contribution in [1.82, 2.24) is 18.9 Å². The minimum absolute atomic E-state index is 0.331. The Balaban J connectivity index is 1.30. The van der Waals surface area contributed by atoms with Crippen molar-refractivity contribution in [2.45, 2.75) is 0 Å². The van der Waals surface area contributed by atoms with Crippen LogP contribution < -0.4 is 4.74 Å². The molecule has 8 rings (SSSR count). The summed E-state index contributed by atoms with van der Waals surface area (Å²) < 4.78 is 10.5. The van der Waals surface area contributed by atoms with Gasteiger partial charge in [-0.3, -0.25) is 14.3 Å². The standard InChI is InChI=1S/C34H18N6O/c1-35-26-19-25-24-14-15-33(38-34(24)29-10-7-17-39(29)30(25)20-27(26)36-2)41-21-12-13-23-22-8-3-4-9-28(22)40(31(23)18-21)32-11-5-6-16-37-32/h3-20H. The lowest BCUT2D eigenvalue weighted by atomic mass is 10.1. The van der Waals surface area contributed by atoms with Crippen LogP contribution in [0.4, 0.5) is 11.4 Å². The maximum atomic E-state index is 7.56. The second kappa shape index (κ2) is 8.67. The van der Waals surface area contributed by atoms with Crippen LogP contribution in [0.5, 0.6) is 11.6 Å². The molecule has 7 heteroatoms. The first kappa shape index (κ1) is 22.8. The van der Waals surface area contributed by atoms with Gasteiger partial charge in [-0.25, -0.2) is 9.97 Å². The van der Waals surface area contributed by atoms with E-state index in [1.54, 1.807) is 18.3 Å². The van der Waals surface area contributed by atoms with Crippen LogP contribution in [-0.2, 0) is 0 Å². The molecular weight excluding hydrogens is 508 g/mol. The number of rotatable bonds is 3. The second-order valence-corrected chi connectivity index (χ2v) is 9.71. The van der Waals surface area contributed by atoms with E-state index in [0.717, 1.165) is 54.9 Å². The molecule has 7 nitrogen and oxygen atoms in total. The molecule has 0 aliphatic carbocycles. The Morgan fingerprint density at radius 1 is 0.634 bits per heavy atom. The maximum absolute atomic E-state index is 7.56. The van der Waals surface area contributed by atoms with Gasteiger partial charge in [0.25, 0.3) is 0 Å². The summed E-state index contributed by atoms with van der Waals surface area (Å²) in [6, 6.07) is 31.6. The van der Waals surface area contributed by atoms with Crippen molar-refractivity contribution >= 4 is 60.5 Å². The minimum Gasteiger partial charge on any atom is -0.439 e. The van der Waals surface area contributed by atoms with E-state index < -0.39 is 0 Å². The van der Waals surface area contributed by atoms with Gasteiger partial charge in [0.15, 0.2) is 11.4 Å². The quantitative estimate of drug-likeness (QED) is 0.170. The summed E-state index contributed by atoms with van der Waals surface area (Å²) in [4.78, 5) is 16.7. The van der Waals surface area contributed by atoms with Gasteiger partial charge in [0.05, 0.1) is 35.2 Å². The maximum Gasteiger partial charge on any atom is 0.219 e. The van der Waals surface area contributed by atoms with Crippen LogP contribution in [0.1, 0.15) is 0 Å². The summed E-state index contributed by atoms with van der Waals surface area (Å²) in [5.74, 6) is 1.96. The predicted molar refractivity (Wildman–Crippen MR) is 161 cm³/mol. The number of para-hydroxylation sites is 1. The molecule has 0 saturated heterocycles.